The lowest BCUT2D eigenvalue weighted by Crippen LogP contribution is -2.32. The van der Waals surface area contributed by atoms with Gasteiger partial charge in [0.15, 0.2) is 0 Å². The van der Waals surface area contributed by atoms with Crippen molar-refractivity contribution in [3.05, 3.63) is 46.2 Å². The van der Waals surface area contributed by atoms with Crippen LogP contribution in [0.4, 0.5) is 18.9 Å². The Morgan fingerprint density at radius 2 is 2.00 bits per heavy atom. The van der Waals surface area contributed by atoms with Crippen LogP contribution in [-0.4, -0.2) is 48.3 Å². The molecule has 1 aromatic heterocycles. The molecule has 3 rings (SSSR count). The third-order valence-electron chi connectivity index (χ3n) is 4.51. The maximum atomic E-state index is 13.6. The van der Waals surface area contributed by atoms with Gasteiger partial charge < -0.3 is 9.80 Å². The first-order valence-electron chi connectivity index (χ1n) is 7.94. The van der Waals surface area contributed by atoms with Crippen LogP contribution in [0.15, 0.2) is 35.1 Å². The second-order valence-corrected chi connectivity index (χ2v) is 6.39. The molecule has 0 spiro atoms. The second-order valence-electron chi connectivity index (χ2n) is 6.39. The summed E-state index contributed by atoms with van der Waals surface area (Å²) in [5.74, 6) is 0. The van der Waals surface area contributed by atoms with E-state index >= 15 is 0 Å². The van der Waals surface area contributed by atoms with Crippen LogP contribution in [0.25, 0.3) is 11.3 Å². The Morgan fingerprint density at radius 3 is 2.56 bits per heavy atom. The molecule has 5 nitrogen and oxygen atoms in total. The van der Waals surface area contributed by atoms with Gasteiger partial charge in [-0.05, 0) is 38.7 Å². The average molecular weight is 352 g/mol. The van der Waals surface area contributed by atoms with E-state index in [4.69, 9.17) is 0 Å². The minimum atomic E-state index is -4.47. The molecule has 134 valence electrons. The van der Waals surface area contributed by atoms with Gasteiger partial charge in [0.1, 0.15) is 0 Å². The highest BCUT2D eigenvalue weighted by molar-refractivity contribution is 5.67. The van der Waals surface area contributed by atoms with Crippen LogP contribution in [0, 0.1) is 0 Å². The average Bonchev–Trinajstić information content (AvgIpc) is 3.04. The molecular weight excluding hydrogens is 333 g/mol. The molecular formula is C17H19F3N4O. The molecule has 1 aliphatic heterocycles. The fraction of sp³-hybridized carbons (Fsp3) is 0.412. The van der Waals surface area contributed by atoms with Crippen LogP contribution in [0.1, 0.15) is 12.0 Å². The number of rotatable bonds is 3. The van der Waals surface area contributed by atoms with Crippen LogP contribution >= 0.6 is 0 Å². The van der Waals surface area contributed by atoms with Gasteiger partial charge in [-0.15, -0.1) is 0 Å². The topological polar surface area (TPSA) is 52.2 Å². The Morgan fingerprint density at radius 1 is 1.24 bits per heavy atom. The summed E-state index contributed by atoms with van der Waals surface area (Å²) in [7, 11) is 3.87. The van der Waals surface area contributed by atoms with Gasteiger partial charge in [0.05, 0.1) is 11.3 Å². The molecule has 0 amide bonds. The number of hydrogen-bond acceptors (Lipinski definition) is 4. The zero-order valence-electron chi connectivity index (χ0n) is 14.0. The van der Waals surface area contributed by atoms with Gasteiger partial charge in [0.25, 0.3) is 5.56 Å². The van der Waals surface area contributed by atoms with E-state index in [1.54, 1.807) is 11.0 Å². The Balaban J connectivity index is 1.99. The highest BCUT2D eigenvalue weighted by Crippen LogP contribution is 2.40. The smallest absolute Gasteiger partial charge is 0.369 e. The molecule has 2 aromatic rings. The molecule has 0 saturated carbocycles. The largest absolute Gasteiger partial charge is 0.418 e. The predicted molar refractivity (Wildman–Crippen MR) is 89.6 cm³/mol. The molecule has 1 fully saturated rings. The normalized spacial score (nSPS) is 18.2. The summed E-state index contributed by atoms with van der Waals surface area (Å²) in [6, 6.07) is 7.08. The molecule has 0 bridgehead atoms. The van der Waals surface area contributed by atoms with E-state index in [0.29, 0.717) is 24.3 Å². The Labute approximate surface area is 143 Å². The molecule has 0 aliphatic carbocycles. The van der Waals surface area contributed by atoms with Crippen molar-refractivity contribution in [1.29, 1.82) is 0 Å². The number of nitrogens with zero attached hydrogens (tertiary/aromatic N) is 3. The van der Waals surface area contributed by atoms with E-state index < -0.39 is 17.3 Å². The lowest BCUT2D eigenvalue weighted by Gasteiger charge is -2.25. The maximum absolute atomic E-state index is 13.6. The number of aromatic amines is 1. The van der Waals surface area contributed by atoms with Crippen molar-refractivity contribution < 1.29 is 13.2 Å². The van der Waals surface area contributed by atoms with Crippen LogP contribution < -0.4 is 10.5 Å². The maximum Gasteiger partial charge on any atom is 0.418 e. The van der Waals surface area contributed by atoms with Crippen LogP contribution in [0.3, 0.4) is 0 Å². The number of benzene rings is 1. The van der Waals surface area contributed by atoms with Gasteiger partial charge in [0, 0.05) is 36.4 Å². The van der Waals surface area contributed by atoms with Crippen molar-refractivity contribution in [2.45, 2.75) is 18.6 Å². The van der Waals surface area contributed by atoms with Crippen molar-refractivity contribution in [1.82, 2.24) is 15.1 Å². The highest BCUT2D eigenvalue weighted by atomic mass is 19.4. The number of halogens is 3. The summed E-state index contributed by atoms with van der Waals surface area (Å²) < 4.78 is 40.8. The molecule has 1 unspecified atom stereocenters. The number of nitrogens with one attached hydrogen (secondary N) is 1. The SMILES string of the molecule is CN(C)C1CCN(c2ccc(-c3ccc(=O)[nH]n3)cc2C(F)(F)F)C1. The van der Waals surface area contributed by atoms with Crippen molar-refractivity contribution >= 4 is 5.69 Å². The number of hydrogen-bond donors (Lipinski definition) is 1. The molecule has 0 radical (unpaired) electrons. The zero-order valence-corrected chi connectivity index (χ0v) is 14.0. The van der Waals surface area contributed by atoms with E-state index in [1.165, 1.54) is 18.2 Å². The second kappa shape index (κ2) is 6.51. The minimum absolute atomic E-state index is 0.185. The van der Waals surface area contributed by atoms with Crippen molar-refractivity contribution in [3.63, 3.8) is 0 Å². The highest BCUT2D eigenvalue weighted by Gasteiger charge is 2.37. The van der Waals surface area contributed by atoms with Crippen LogP contribution in [0.5, 0.6) is 0 Å². The summed E-state index contributed by atoms with van der Waals surface area (Å²) in [5, 5.41) is 6.05. The molecule has 2 heterocycles. The number of likely N-dealkylation sites (N-methyl/N-ethyl adjacent to an activating group) is 1. The van der Waals surface area contributed by atoms with Crippen LogP contribution in [-0.2, 0) is 6.18 Å². The number of anilines is 1. The van der Waals surface area contributed by atoms with Crippen LogP contribution in [0.2, 0.25) is 0 Å². The summed E-state index contributed by atoms with van der Waals surface area (Å²) in [5.41, 5.74) is -0.287. The molecule has 1 saturated heterocycles. The third-order valence-corrected chi connectivity index (χ3v) is 4.51. The Kier molecular flexibility index (Phi) is 4.55. The number of aromatic nitrogens is 2. The lowest BCUT2D eigenvalue weighted by atomic mass is 10.0. The first-order valence-corrected chi connectivity index (χ1v) is 7.94. The van der Waals surface area contributed by atoms with E-state index in [-0.39, 0.29) is 11.7 Å². The monoisotopic (exact) mass is 352 g/mol. The van der Waals surface area contributed by atoms with Gasteiger partial charge in [-0.1, -0.05) is 6.07 Å². The molecule has 1 atom stereocenters. The van der Waals surface area contributed by atoms with Gasteiger partial charge in [0.2, 0.25) is 0 Å². The molecule has 1 N–H and O–H groups in total. The lowest BCUT2D eigenvalue weighted by molar-refractivity contribution is -0.137. The van der Waals surface area contributed by atoms with Gasteiger partial charge in [-0.25, -0.2) is 5.10 Å². The van der Waals surface area contributed by atoms with Crippen molar-refractivity contribution in [3.8, 4) is 11.3 Å². The molecule has 1 aromatic carbocycles. The standard InChI is InChI=1S/C17H19F3N4O/c1-23(2)12-7-8-24(10-12)15-5-3-11(9-13(15)17(18,19)20)14-4-6-16(25)22-21-14/h3-6,9,12H,7-8,10H2,1-2H3,(H,22,25). The molecule has 25 heavy (non-hydrogen) atoms. The fourth-order valence-electron chi connectivity index (χ4n) is 3.09. The van der Waals surface area contributed by atoms with Crippen molar-refractivity contribution in [2.75, 3.05) is 32.1 Å². The fourth-order valence-corrected chi connectivity index (χ4v) is 3.09. The minimum Gasteiger partial charge on any atom is -0.369 e. The van der Waals surface area contributed by atoms with Gasteiger partial charge in [-0.3, -0.25) is 4.79 Å². The quantitative estimate of drug-likeness (QED) is 0.923. The number of alkyl halides is 3. The summed E-state index contributed by atoms with van der Waals surface area (Å²) in [4.78, 5) is 14.9. The zero-order chi connectivity index (χ0) is 18.2. The van der Waals surface area contributed by atoms with E-state index in [2.05, 4.69) is 10.2 Å². The van der Waals surface area contributed by atoms with Gasteiger partial charge in [-0.2, -0.15) is 18.3 Å². The first kappa shape index (κ1) is 17.5. The molecule has 8 heteroatoms. The summed E-state index contributed by atoms with van der Waals surface area (Å²) in [6.45, 7) is 1.15. The first-order chi connectivity index (χ1) is 11.8. The van der Waals surface area contributed by atoms with Gasteiger partial charge >= 0.3 is 6.18 Å². The Bertz CT molecular complexity index is 796. The van der Waals surface area contributed by atoms with Crippen molar-refractivity contribution in [2.24, 2.45) is 0 Å². The summed E-state index contributed by atoms with van der Waals surface area (Å²) >= 11 is 0. The van der Waals surface area contributed by atoms with E-state index in [0.717, 1.165) is 12.5 Å². The Hall–Kier alpha value is -2.35. The van der Waals surface area contributed by atoms with E-state index in [9.17, 15) is 18.0 Å². The third kappa shape index (κ3) is 3.68. The van der Waals surface area contributed by atoms with E-state index in [1.807, 2.05) is 19.0 Å². The number of H-pyrrole nitrogens is 1. The predicted octanol–water partition coefficient (Wildman–Crippen LogP) is 2.60. The summed E-state index contributed by atoms with van der Waals surface area (Å²) in [6.07, 6.45) is -3.64. The molecule has 1 aliphatic rings.